The lowest BCUT2D eigenvalue weighted by atomic mass is 10.2. The number of hydrogen-bond donors (Lipinski definition) is 1. The van der Waals surface area contributed by atoms with Crippen molar-refractivity contribution in [1.82, 2.24) is 14.9 Å². The van der Waals surface area contributed by atoms with E-state index in [1.807, 2.05) is 12.4 Å². The van der Waals surface area contributed by atoms with E-state index in [4.69, 9.17) is 4.74 Å². The average molecular weight is 253 g/mol. The minimum atomic E-state index is -0.115. The molecule has 0 spiro atoms. The molecule has 0 aromatic carbocycles. The fourth-order valence-electron chi connectivity index (χ4n) is 1.77. The van der Waals surface area contributed by atoms with Crippen LogP contribution in [0, 0.1) is 0 Å². The monoisotopic (exact) mass is 253 g/mol. The molecule has 0 saturated heterocycles. The molecular formula is C14H27N3O. The number of ether oxygens (including phenoxy) is 1. The molecule has 1 atom stereocenters. The molecule has 0 fully saturated rings. The summed E-state index contributed by atoms with van der Waals surface area (Å²) < 4.78 is 8.06. The first kappa shape index (κ1) is 15.2. The first-order valence-electron chi connectivity index (χ1n) is 6.86. The maximum atomic E-state index is 5.90. The van der Waals surface area contributed by atoms with Crippen LogP contribution in [-0.4, -0.2) is 28.3 Å². The molecule has 104 valence electrons. The quantitative estimate of drug-likeness (QED) is 0.812. The number of imidazole rings is 1. The molecule has 0 amide bonds. The second-order valence-corrected chi connectivity index (χ2v) is 5.50. The van der Waals surface area contributed by atoms with E-state index in [0.29, 0.717) is 6.61 Å². The highest BCUT2D eigenvalue weighted by molar-refractivity contribution is 4.99. The van der Waals surface area contributed by atoms with Crippen molar-refractivity contribution < 1.29 is 4.74 Å². The van der Waals surface area contributed by atoms with E-state index in [0.717, 1.165) is 25.3 Å². The smallest absolute Gasteiger partial charge is 0.128 e. The molecular weight excluding hydrogens is 226 g/mol. The molecule has 1 rings (SSSR count). The molecule has 0 aliphatic heterocycles. The van der Waals surface area contributed by atoms with Crippen molar-refractivity contribution in [1.29, 1.82) is 0 Å². The molecule has 0 aliphatic carbocycles. The van der Waals surface area contributed by atoms with Gasteiger partial charge in [0.2, 0.25) is 0 Å². The fourth-order valence-corrected chi connectivity index (χ4v) is 1.77. The third-order valence-electron chi connectivity index (χ3n) is 2.72. The van der Waals surface area contributed by atoms with Crippen LogP contribution in [0.15, 0.2) is 12.4 Å². The molecule has 18 heavy (non-hydrogen) atoms. The van der Waals surface area contributed by atoms with E-state index in [-0.39, 0.29) is 11.6 Å². The summed E-state index contributed by atoms with van der Waals surface area (Å²) in [6.07, 6.45) is 4.99. The summed E-state index contributed by atoms with van der Waals surface area (Å²) >= 11 is 0. The molecule has 1 aromatic heterocycles. The molecule has 0 aliphatic rings. The van der Waals surface area contributed by atoms with Crippen molar-refractivity contribution in [2.75, 3.05) is 13.2 Å². The maximum Gasteiger partial charge on any atom is 0.128 e. The predicted molar refractivity (Wildman–Crippen MR) is 74.6 cm³/mol. The summed E-state index contributed by atoms with van der Waals surface area (Å²) in [6.45, 7) is 13.1. The van der Waals surface area contributed by atoms with Gasteiger partial charge in [-0.05, 0) is 40.7 Å². The number of aryl methyl sites for hydroxylation is 1. The Morgan fingerprint density at radius 2 is 2.11 bits per heavy atom. The van der Waals surface area contributed by atoms with Crippen molar-refractivity contribution in [3.63, 3.8) is 0 Å². The largest absolute Gasteiger partial charge is 0.374 e. The molecule has 1 N–H and O–H groups in total. The molecule has 0 saturated carbocycles. The van der Waals surface area contributed by atoms with E-state index in [2.05, 4.69) is 49.5 Å². The first-order valence-corrected chi connectivity index (χ1v) is 6.86. The Bertz CT molecular complexity index is 341. The van der Waals surface area contributed by atoms with E-state index < -0.39 is 0 Å². The fraction of sp³-hybridized carbons (Fsp3) is 0.786. The van der Waals surface area contributed by atoms with Gasteiger partial charge in [0.05, 0.1) is 18.2 Å². The number of nitrogens with one attached hydrogen (secondary N) is 1. The van der Waals surface area contributed by atoms with Gasteiger partial charge in [-0.3, -0.25) is 0 Å². The van der Waals surface area contributed by atoms with Gasteiger partial charge in [-0.25, -0.2) is 4.98 Å². The van der Waals surface area contributed by atoms with E-state index >= 15 is 0 Å². The minimum Gasteiger partial charge on any atom is -0.374 e. The summed E-state index contributed by atoms with van der Waals surface area (Å²) in [5, 5.41) is 3.51. The van der Waals surface area contributed by atoms with Crippen molar-refractivity contribution in [3.05, 3.63) is 18.2 Å². The van der Waals surface area contributed by atoms with Gasteiger partial charge in [-0.1, -0.05) is 6.92 Å². The van der Waals surface area contributed by atoms with Crippen LogP contribution in [-0.2, 0) is 11.3 Å². The molecule has 1 aromatic rings. The highest BCUT2D eigenvalue weighted by atomic mass is 16.5. The van der Waals surface area contributed by atoms with Gasteiger partial charge in [0, 0.05) is 18.9 Å². The Morgan fingerprint density at radius 1 is 1.39 bits per heavy atom. The average Bonchev–Trinajstić information content (AvgIpc) is 2.76. The van der Waals surface area contributed by atoms with Gasteiger partial charge in [0.25, 0.3) is 0 Å². The third kappa shape index (κ3) is 4.78. The number of rotatable bonds is 7. The van der Waals surface area contributed by atoms with Crippen LogP contribution < -0.4 is 5.32 Å². The summed E-state index contributed by atoms with van der Waals surface area (Å²) in [5.41, 5.74) is -0.115. The van der Waals surface area contributed by atoms with Crippen LogP contribution in [0.5, 0.6) is 0 Å². The Kier molecular flexibility index (Phi) is 5.82. The van der Waals surface area contributed by atoms with Crippen LogP contribution >= 0.6 is 0 Å². The molecule has 1 unspecified atom stereocenters. The lowest BCUT2D eigenvalue weighted by Crippen LogP contribution is -2.32. The number of nitrogens with zero attached hydrogens (tertiary/aromatic N) is 2. The SMILES string of the molecule is CCCNC(COC(C)(C)C)c1nccn1CC. The lowest BCUT2D eigenvalue weighted by Gasteiger charge is -2.25. The third-order valence-corrected chi connectivity index (χ3v) is 2.72. The van der Waals surface area contributed by atoms with Crippen molar-refractivity contribution in [2.45, 2.75) is 59.2 Å². The van der Waals surface area contributed by atoms with Gasteiger partial charge in [-0.2, -0.15) is 0 Å². The molecule has 1 heterocycles. The van der Waals surface area contributed by atoms with Crippen LogP contribution in [0.1, 0.15) is 52.9 Å². The zero-order valence-corrected chi connectivity index (χ0v) is 12.4. The van der Waals surface area contributed by atoms with E-state index in [9.17, 15) is 0 Å². The standard InChI is InChI=1S/C14H27N3O/c1-6-8-15-12(11-18-14(3,4)5)13-16-9-10-17(13)7-2/h9-10,12,15H,6-8,11H2,1-5H3. The highest BCUT2D eigenvalue weighted by Gasteiger charge is 2.19. The van der Waals surface area contributed by atoms with Gasteiger partial charge in [0.15, 0.2) is 0 Å². The van der Waals surface area contributed by atoms with E-state index in [1.165, 1.54) is 0 Å². The van der Waals surface area contributed by atoms with E-state index in [1.54, 1.807) is 0 Å². The van der Waals surface area contributed by atoms with Gasteiger partial charge >= 0.3 is 0 Å². The summed E-state index contributed by atoms with van der Waals surface area (Å²) in [6, 6.07) is 0.166. The maximum absolute atomic E-state index is 5.90. The van der Waals surface area contributed by atoms with Crippen molar-refractivity contribution in [2.24, 2.45) is 0 Å². The summed E-state index contributed by atoms with van der Waals surface area (Å²) in [4.78, 5) is 4.46. The van der Waals surface area contributed by atoms with Crippen LogP contribution in [0.4, 0.5) is 0 Å². The Labute approximate surface area is 111 Å². The lowest BCUT2D eigenvalue weighted by molar-refractivity contribution is -0.0161. The molecule has 4 heteroatoms. The molecule has 0 radical (unpaired) electrons. The van der Waals surface area contributed by atoms with Gasteiger partial charge in [0.1, 0.15) is 5.82 Å². The highest BCUT2D eigenvalue weighted by Crippen LogP contribution is 2.16. The van der Waals surface area contributed by atoms with Crippen molar-refractivity contribution in [3.8, 4) is 0 Å². The summed E-state index contributed by atoms with van der Waals surface area (Å²) in [7, 11) is 0. The minimum absolute atomic E-state index is 0.115. The van der Waals surface area contributed by atoms with Crippen LogP contribution in [0.3, 0.4) is 0 Å². The van der Waals surface area contributed by atoms with Gasteiger partial charge in [-0.15, -0.1) is 0 Å². The first-order chi connectivity index (χ1) is 8.48. The summed E-state index contributed by atoms with van der Waals surface area (Å²) in [5.74, 6) is 1.07. The Balaban J connectivity index is 2.71. The predicted octanol–water partition coefficient (Wildman–Crippen LogP) is 2.76. The van der Waals surface area contributed by atoms with Crippen LogP contribution in [0.25, 0.3) is 0 Å². The number of hydrogen-bond acceptors (Lipinski definition) is 3. The molecule has 4 nitrogen and oxygen atoms in total. The second kappa shape index (κ2) is 6.90. The zero-order chi connectivity index (χ0) is 13.6. The molecule has 0 bridgehead atoms. The Morgan fingerprint density at radius 3 is 2.67 bits per heavy atom. The number of aromatic nitrogens is 2. The topological polar surface area (TPSA) is 39.1 Å². The van der Waals surface area contributed by atoms with Gasteiger partial charge < -0.3 is 14.6 Å². The Hall–Kier alpha value is -0.870. The zero-order valence-electron chi connectivity index (χ0n) is 12.4. The van der Waals surface area contributed by atoms with Crippen molar-refractivity contribution >= 4 is 0 Å². The second-order valence-electron chi connectivity index (χ2n) is 5.50. The van der Waals surface area contributed by atoms with Crippen LogP contribution in [0.2, 0.25) is 0 Å². The normalized spacial score (nSPS) is 13.8.